The normalized spacial score (nSPS) is 15.6. The summed E-state index contributed by atoms with van der Waals surface area (Å²) in [4.78, 5) is 15.2. The lowest BCUT2D eigenvalue weighted by Gasteiger charge is -2.25. The fraction of sp³-hybridized carbons (Fsp3) is 0.320. The largest absolute Gasteiger partial charge is 0.497 e. The molecule has 174 valence electrons. The van der Waals surface area contributed by atoms with E-state index in [0.717, 1.165) is 5.56 Å². The van der Waals surface area contributed by atoms with Gasteiger partial charge in [0.05, 0.1) is 18.4 Å². The van der Waals surface area contributed by atoms with Crippen LogP contribution in [0.5, 0.6) is 5.75 Å². The van der Waals surface area contributed by atoms with Crippen LogP contribution in [0, 0.1) is 6.92 Å². The number of ether oxygens (including phenoxy) is 1. The van der Waals surface area contributed by atoms with Gasteiger partial charge in [0.25, 0.3) is 5.91 Å². The molecule has 0 saturated carbocycles. The number of carbonyl (C=O) groups is 1. The van der Waals surface area contributed by atoms with Crippen molar-refractivity contribution in [1.29, 1.82) is 0 Å². The molecule has 2 heterocycles. The van der Waals surface area contributed by atoms with E-state index in [1.165, 1.54) is 0 Å². The predicted molar refractivity (Wildman–Crippen MR) is 126 cm³/mol. The first kappa shape index (κ1) is 22.6. The number of rotatable bonds is 5. The third-order valence-electron chi connectivity index (χ3n) is 5.84. The molecule has 8 heteroatoms. The summed E-state index contributed by atoms with van der Waals surface area (Å²) in [6.07, 6.45) is -0.146. The van der Waals surface area contributed by atoms with Crippen molar-refractivity contribution in [3.05, 3.63) is 65.7 Å². The maximum Gasteiger partial charge on any atom is 0.259 e. The van der Waals surface area contributed by atoms with Crippen LogP contribution >= 0.6 is 0 Å². The van der Waals surface area contributed by atoms with Crippen LogP contribution in [-0.4, -0.2) is 42.2 Å². The minimum absolute atomic E-state index is 0. The highest BCUT2D eigenvalue weighted by Gasteiger charge is 2.34. The third kappa shape index (κ3) is 5.10. The van der Waals surface area contributed by atoms with Crippen LogP contribution < -0.4 is 15.0 Å². The molecule has 0 radical (unpaired) electrons. The molecule has 0 unspecified atom stereocenters. The number of benzene rings is 2. The van der Waals surface area contributed by atoms with Gasteiger partial charge in [0.1, 0.15) is 5.75 Å². The van der Waals surface area contributed by atoms with E-state index in [1.54, 1.807) is 24.1 Å². The Morgan fingerprint density at radius 3 is 2.48 bits per heavy atom. The highest BCUT2D eigenvalue weighted by atomic mass is 19.3. The molecule has 1 aromatic heterocycles. The number of anilines is 2. The number of amides is 1. The first-order valence-corrected chi connectivity index (χ1v) is 10.9. The zero-order valence-electron chi connectivity index (χ0n) is 18.6. The van der Waals surface area contributed by atoms with Gasteiger partial charge in [-0.25, -0.2) is 8.78 Å². The zero-order chi connectivity index (χ0) is 23.4. The third-order valence-corrected chi connectivity index (χ3v) is 5.84. The van der Waals surface area contributed by atoms with E-state index in [1.807, 2.05) is 49.4 Å². The number of alkyl halides is 2. The number of nitrogens with zero attached hydrogens (tertiary/aromatic N) is 3. The molecule has 33 heavy (non-hydrogen) atoms. The first-order valence-electron chi connectivity index (χ1n) is 10.9. The molecule has 0 atom stereocenters. The van der Waals surface area contributed by atoms with Gasteiger partial charge in [-0.1, -0.05) is 18.2 Å². The molecule has 1 saturated heterocycles. The number of halogens is 2. The Morgan fingerprint density at radius 1 is 1.06 bits per heavy atom. The fourth-order valence-corrected chi connectivity index (χ4v) is 4.02. The molecule has 6 nitrogen and oxygen atoms in total. The van der Waals surface area contributed by atoms with Gasteiger partial charge in [0.15, 0.2) is 5.82 Å². The summed E-state index contributed by atoms with van der Waals surface area (Å²) in [5, 5.41) is 11.7. The van der Waals surface area contributed by atoms with Crippen molar-refractivity contribution >= 4 is 17.4 Å². The van der Waals surface area contributed by atoms with Gasteiger partial charge in [-0.15, -0.1) is 10.2 Å². The minimum atomic E-state index is -2.72. The quantitative estimate of drug-likeness (QED) is 0.545. The Labute approximate surface area is 193 Å². The van der Waals surface area contributed by atoms with E-state index in [-0.39, 0.29) is 26.7 Å². The van der Waals surface area contributed by atoms with Crippen LogP contribution in [0.2, 0.25) is 0 Å². The van der Waals surface area contributed by atoms with Gasteiger partial charge < -0.3 is 15.0 Å². The Bertz CT molecular complexity index is 1130. The highest BCUT2D eigenvalue weighted by molar-refractivity contribution is 6.09. The SMILES string of the molecule is COc1ccc(-c2nnc(N3CCCC(F)(F)CC3)c(C(=O)Nc3ccccc3)c2C)cc1.[HH]. The van der Waals surface area contributed by atoms with E-state index in [4.69, 9.17) is 4.74 Å². The van der Waals surface area contributed by atoms with Crippen molar-refractivity contribution in [3.8, 4) is 17.0 Å². The molecule has 1 fully saturated rings. The minimum Gasteiger partial charge on any atom is -0.497 e. The number of methoxy groups -OCH3 is 1. The average molecular weight is 455 g/mol. The molecule has 2 aromatic carbocycles. The molecule has 1 aliphatic heterocycles. The second kappa shape index (κ2) is 9.52. The van der Waals surface area contributed by atoms with Gasteiger partial charge in [-0.2, -0.15) is 0 Å². The molecule has 1 amide bonds. The first-order chi connectivity index (χ1) is 15.9. The molecule has 1 aliphatic rings. The van der Waals surface area contributed by atoms with E-state index in [0.29, 0.717) is 47.0 Å². The smallest absolute Gasteiger partial charge is 0.259 e. The van der Waals surface area contributed by atoms with Crippen molar-refractivity contribution in [1.82, 2.24) is 10.2 Å². The Balaban J connectivity index is 0.00000324. The number of aromatic nitrogens is 2. The zero-order valence-corrected chi connectivity index (χ0v) is 18.6. The number of nitrogens with one attached hydrogen (secondary N) is 1. The van der Waals surface area contributed by atoms with Crippen LogP contribution in [0.4, 0.5) is 20.3 Å². The topological polar surface area (TPSA) is 67.4 Å². The maximum absolute atomic E-state index is 14.0. The summed E-state index contributed by atoms with van der Waals surface area (Å²) < 4.78 is 33.2. The molecule has 4 rings (SSSR count). The second-order valence-corrected chi connectivity index (χ2v) is 8.12. The molecular weight excluding hydrogens is 426 g/mol. The van der Waals surface area contributed by atoms with E-state index < -0.39 is 5.92 Å². The number of carbonyl (C=O) groups excluding carboxylic acids is 1. The maximum atomic E-state index is 14.0. The summed E-state index contributed by atoms with van der Waals surface area (Å²) in [7, 11) is 1.59. The van der Waals surface area contributed by atoms with Crippen LogP contribution in [-0.2, 0) is 0 Å². The second-order valence-electron chi connectivity index (χ2n) is 8.12. The van der Waals surface area contributed by atoms with E-state index in [2.05, 4.69) is 15.5 Å². The predicted octanol–water partition coefficient (Wildman–Crippen LogP) is 5.58. The van der Waals surface area contributed by atoms with Gasteiger partial charge in [0, 0.05) is 38.6 Å². The standard InChI is InChI=1S/C25H26F2N4O2.H2/c1-17-21(24(32)28-19-7-4-3-5-8-19)23(31-15-6-13-25(26,27)14-16-31)30-29-22(17)18-9-11-20(33-2)12-10-18;/h3-5,7-12H,6,13-16H2,1-2H3,(H,28,32);1H. The molecule has 0 aliphatic carbocycles. The van der Waals surface area contributed by atoms with E-state index in [9.17, 15) is 13.6 Å². The van der Waals surface area contributed by atoms with Gasteiger partial charge in [-0.05, 0) is 55.3 Å². The van der Waals surface area contributed by atoms with Crippen LogP contribution in [0.15, 0.2) is 54.6 Å². The van der Waals surface area contributed by atoms with Gasteiger partial charge in [-0.3, -0.25) is 4.79 Å². The Hall–Kier alpha value is -3.55. The van der Waals surface area contributed by atoms with Crippen molar-refractivity contribution < 1.29 is 19.7 Å². The monoisotopic (exact) mass is 454 g/mol. The van der Waals surface area contributed by atoms with E-state index >= 15 is 0 Å². The molecule has 0 bridgehead atoms. The molecular formula is C25H28F2N4O2. The molecule has 0 spiro atoms. The van der Waals surface area contributed by atoms with Crippen molar-refractivity contribution in [2.24, 2.45) is 0 Å². The van der Waals surface area contributed by atoms with Crippen molar-refractivity contribution in [2.75, 3.05) is 30.4 Å². The molecule has 1 N–H and O–H groups in total. The summed E-state index contributed by atoms with van der Waals surface area (Å²) in [5.41, 5.74) is 2.95. The van der Waals surface area contributed by atoms with Gasteiger partial charge in [0.2, 0.25) is 5.92 Å². The van der Waals surface area contributed by atoms with Crippen LogP contribution in [0.1, 0.15) is 36.6 Å². The number of para-hydroxylation sites is 1. The lowest BCUT2D eigenvalue weighted by Crippen LogP contribution is -2.30. The number of hydrogen-bond donors (Lipinski definition) is 1. The highest BCUT2D eigenvalue weighted by Crippen LogP contribution is 2.34. The van der Waals surface area contributed by atoms with Crippen LogP contribution in [0.3, 0.4) is 0 Å². The average Bonchev–Trinajstić information content (AvgIpc) is 3.00. The summed E-state index contributed by atoms with van der Waals surface area (Å²) in [6.45, 7) is 2.30. The lowest BCUT2D eigenvalue weighted by atomic mass is 10.0. The molecule has 3 aromatic rings. The summed E-state index contributed by atoms with van der Waals surface area (Å²) in [5.74, 6) is -2.04. The Morgan fingerprint density at radius 2 is 1.79 bits per heavy atom. The van der Waals surface area contributed by atoms with Crippen molar-refractivity contribution in [3.63, 3.8) is 0 Å². The fourth-order valence-electron chi connectivity index (χ4n) is 4.02. The van der Waals surface area contributed by atoms with Gasteiger partial charge >= 0.3 is 0 Å². The number of hydrogen-bond acceptors (Lipinski definition) is 5. The van der Waals surface area contributed by atoms with Crippen molar-refractivity contribution in [2.45, 2.75) is 32.1 Å². The lowest BCUT2D eigenvalue weighted by molar-refractivity contribution is -0.0102. The summed E-state index contributed by atoms with van der Waals surface area (Å²) in [6, 6.07) is 16.4. The summed E-state index contributed by atoms with van der Waals surface area (Å²) >= 11 is 0. The Kier molecular flexibility index (Phi) is 6.53. The van der Waals surface area contributed by atoms with Crippen LogP contribution in [0.25, 0.3) is 11.3 Å².